The zero-order chi connectivity index (χ0) is 18.4. The maximum atomic E-state index is 13.7. The van der Waals surface area contributed by atoms with E-state index in [9.17, 15) is 8.42 Å². The van der Waals surface area contributed by atoms with E-state index in [2.05, 4.69) is 12.2 Å². The molecule has 1 heterocycles. The van der Waals surface area contributed by atoms with Gasteiger partial charge in [-0.1, -0.05) is 43.5 Å². The Morgan fingerprint density at radius 1 is 1.19 bits per heavy atom. The van der Waals surface area contributed by atoms with E-state index in [1.54, 1.807) is 12.1 Å². The lowest BCUT2D eigenvalue weighted by Gasteiger charge is -2.36. The molecule has 0 bridgehead atoms. The van der Waals surface area contributed by atoms with Gasteiger partial charge in [-0.15, -0.1) is 12.4 Å². The van der Waals surface area contributed by atoms with Gasteiger partial charge in [0.05, 0.1) is 10.4 Å². The Balaban J connectivity index is 0.00000210. The van der Waals surface area contributed by atoms with Gasteiger partial charge in [0, 0.05) is 18.1 Å². The Hall–Kier alpha value is -0.590. The summed E-state index contributed by atoms with van der Waals surface area (Å²) in [6.45, 7) is 4.20. The van der Waals surface area contributed by atoms with Crippen LogP contribution < -0.4 is 5.32 Å². The second-order valence-corrected chi connectivity index (χ2v) is 10.0. The summed E-state index contributed by atoms with van der Waals surface area (Å²) in [6.07, 6.45) is 6.38. The lowest BCUT2D eigenvalue weighted by atomic mass is 9.85. The average molecular weight is 431 g/mol. The van der Waals surface area contributed by atoms with E-state index in [-0.39, 0.29) is 17.9 Å². The second-order valence-electron chi connectivity index (χ2n) is 7.81. The van der Waals surface area contributed by atoms with Gasteiger partial charge < -0.3 is 5.32 Å². The smallest absolute Gasteiger partial charge is 0.244 e. The predicted molar refractivity (Wildman–Crippen MR) is 114 cm³/mol. The number of nitrogens with one attached hydrogen (secondary N) is 1. The minimum Gasteiger partial charge on any atom is -0.313 e. The number of hydrogen-bond acceptors (Lipinski definition) is 3. The van der Waals surface area contributed by atoms with Gasteiger partial charge in [-0.25, -0.2) is 8.42 Å². The number of sulfonamides is 1. The largest absolute Gasteiger partial charge is 0.313 e. The van der Waals surface area contributed by atoms with Crippen LogP contribution in [0.2, 0.25) is 5.02 Å². The van der Waals surface area contributed by atoms with Gasteiger partial charge in [0.1, 0.15) is 0 Å². The molecule has 0 radical (unpaired) electrons. The highest BCUT2D eigenvalue weighted by Gasteiger charge is 2.57. The molecule has 1 aliphatic heterocycles. The fourth-order valence-corrected chi connectivity index (χ4v) is 7.11. The van der Waals surface area contributed by atoms with Crippen LogP contribution in [0.4, 0.5) is 0 Å². The standard InChI is InChI=1S/C20H27ClN2O2S.ClH/c1-2-22-13-18-19(16-7-9-17(21)10-8-16)26(24,25)23(14-15-5-6-15)20(18)11-3-4-12-20;/h7-10,15,22H,2-6,11-14H2,1H3;1H. The molecule has 2 saturated carbocycles. The molecule has 1 aromatic carbocycles. The van der Waals surface area contributed by atoms with E-state index >= 15 is 0 Å². The maximum Gasteiger partial charge on any atom is 0.244 e. The van der Waals surface area contributed by atoms with Crippen LogP contribution in [0, 0.1) is 5.92 Å². The molecule has 3 aliphatic rings. The van der Waals surface area contributed by atoms with Crippen molar-refractivity contribution in [3.63, 3.8) is 0 Å². The molecule has 0 aromatic heterocycles. The molecule has 0 atom stereocenters. The van der Waals surface area contributed by atoms with Gasteiger partial charge in [-0.05, 0) is 61.4 Å². The van der Waals surface area contributed by atoms with E-state index in [4.69, 9.17) is 11.6 Å². The summed E-state index contributed by atoms with van der Waals surface area (Å²) in [5.74, 6) is 0.534. The first-order valence-electron chi connectivity index (χ1n) is 9.72. The summed E-state index contributed by atoms with van der Waals surface area (Å²) in [7, 11) is -3.49. The van der Waals surface area contributed by atoms with E-state index in [1.165, 1.54) is 0 Å². The zero-order valence-corrected chi connectivity index (χ0v) is 18.1. The quantitative estimate of drug-likeness (QED) is 0.724. The molecule has 27 heavy (non-hydrogen) atoms. The van der Waals surface area contributed by atoms with Crippen LogP contribution in [0.5, 0.6) is 0 Å². The SMILES string of the molecule is CCNCC1=C(c2ccc(Cl)cc2)S(=O)(=O)N(CC2CC2)C12CCCC2.Cl. The van der Waals surface area contributed by atoms with Crippen molar-refractivity contribution < 1.29 is 8.42 Å². The Labute approximate surface area is 173 Å². The molecule has 150 valence electrons. The first-order chi connectivity index (χ1) is 12.5. The fraction of sp³-hybridized carbons (Fsp3) is 0.600. The zero-order valence-electron chi connectivity index (χ0n) is 15.7. The molecule has 4 nitrogen and oxygen atoms in total. The minimum atomic E-state index is -3.49. The average Bonchev–Trinajstić information content (AvgIpc) is 3.28. The van der Waals surface area contributed by atoms with Crippen LogP contribution in [0.3, 0.4) is 0 Å². The molecule has 2 aliphatic carbocycles. The number of nitrogens with zero attached hydrogens (tertiary/aromatic N) is 1. The van der Waals surface area contributed by atoms with E-state index in [0.29, 0.717) is 28.9 Å². The summed E-state index contributed by atoms with van der Waals surface area (Å²) in [5.41, 5.74) is 1.52. The Morgan fingerprint density at radius 2 is 1.81 bits per heavy atom. The molecule has 4 rings (SSSR count). The third-order valence-electron chi connectivity index (χ3n) is 6.07. The first-order valence-corrected chi connectivity index (χ1v) is 11.5. The van der Waals surface area contributed by atoms with Gasteiger partial charge in [0.15, 0.2) is 0 Å². The van der Waals surface area contributed by atoms with Crippen LogP contribution in [-0.4, -0.2) is 37.9 Å². The van der Waals surface area contributed by atoms with Crippen molar-refractivity contribution in [2.75, 3.05) is 19.6 Å². The highest BCUT2D eigenvalue weighted by atomic mass is 35.5. The molecule has 2 fully saturated rings. The lowest BCUT2D eigenvalue weighted by molar-refractivity contribution is 0.231. The molecule has 1 N–H and O–H groups in total. The lowest BCUT2D eigenvalue weighted by Crippen LogP contribution is -2.48. The van der Waals surface area contributed by atoms with Crippen molar-refractivity contribution in [3.8, 4) is 0 Å². The van der Waals surface area contributed by atoms with Crippen molar-refractivity contribution in [3.05, 3.63) is 40.4 Å². The van der Waals surface area contributed by atoms with E-state index in [1.807, 2.05) is 16.4 Å². The van der Waals surface area contributed by atoms with Crippen LogP contribution in [-0.2, 0) is 10.0 Å². The monoisotopic (exact) mass is 430 g/mol. The van der Waals surface area contributed by atoms with Crippen LogP contribution >= 0.6 is 24.0 Å². The molecule has 0 amide bonds. The second kappa shape index (κ2) is 8.03. The Bertz CT molecular complexity index is 811. The number of hydrogen-bond donors (Lipinski definition) is 1. The molecule has 7 heteroatoms. The molecule has 1 spiro atoms. The van der Waals surface area contributed by atoms with Gasteiger partial charge in [0.2, 0.25) is 10.0 Å². The summed E-state index contributed by atoms with van der Waals surface area (Å²) in [5, 5.41) is 4.03. The molecule has 0 saturated heterocycles. The van der Waals surface area contributed by atoms with Gasteiger partial charge in [0.25, 0.3) is 0 Å². The van der Waals surface area contributed by atoms with Crippen molar-refractivity contribution >= 4 is 38.9 Å². The summed E-state index contributed by atoms with van der Waals surface area (Å²) >= 11 is 6.05. The number of halogens is 2. The van der Waals surface area contributed by atoms with Crippen LogP contribution in [0.25, 0.3) is 4.91 Å². The molecular weight excluding hydrogens is 403 g/mol. The fourth-order valence-electron chi connectivity index (χ4n) is 4.60. The third-order valence-corrected chi connectivity index (χ3v) is 8.40. The maximum absolute atomic E-state index is 13.7. The predicted octanol–water partition coefficient (Wildman–Crippen LogP) is 4.45. The van der Waals surface area contributed by atoms with E-state index < -0.39 is 10.0 Å². The minimum absolute atomic E-state index is 0. The topological polar surface area (TPSA) is 49.4 Å². The van der Waals surface area contributed by atoms with Crippen molar-refractivity contribution in [2.24, 2.45) is 5.92 Å². The number of rotatable bonds is 6. The van der Waals surface area contributed by atoms with Crippen molar-refractivity contribution in [1.29, 1.82) is 0 Å². The highest BCUT2D eigenvalue weighted by molar-refractivity contribution is 7.98. The Kier molecular flexibility index (Phi) is 6.29. The molecule has 1 aromatic rings. The van der Waals surface area contributed by atoms with Crippen molar-refractivity contribution in [1.82, 2.24) is 9.62 Å². The Morgan fingerprint density at radius 3 is 2.37 bits per heavy atom. The number of benzene rings is 1. The van der Waals surface area contributed by atoms with Crippen LogP contribution in [0.15, 0.2) is 29.8 Å². The number of likely N-dealkylation sites (N-methyl/N-ethyl adjacent to an activating group) is 1. The van der Waals surface area contributed by atoms with Gasteiger partial charge in [-0.2, -0.15) is 4.31 Å². The van der Waals surface area contributed by atoms with E-state index in [0.717, 1.165) is 56.2 Å². The first kappa shape index (κ1) is 21.1. The normalized spacial score (nSPS) is 23.8. The third kappa shape index (κ3) is 3.69. The summed E-state index contributed by atoms with van der Waals surface area (Å²) in [4.78, 5) is 0.526. The highest BCUT2D eigenvalue weighted by Crippen LogP contribution is 2.54. The summed E-state index contributed by atoms with van der Waals surface area (Å²) < 4.78 is 29.2. The van der Waals surface area contributed by atoms with Crippen molar-refractivity contribution in [2.45, 2.75) is 51.0 Å². The molecular formula is C20H28Cl2N2O2S. The van der Waals surface area contributed by atoms with Crippen LogP contribution in [0.1, 0.15) is 51.0 Å². The molecule has 0 unspecified atom stereocenters. The van der Waals surface area contributed by atoms with Gasteiger partial charge >= 0.3 is 0 Å². The van der Waals surface area contributed by atoms with Gasteiger partial charge in [-0.3, -0.25) is 0 Å². The summed E-state index contributed by atoms with van der Waals surface area (Å²) in [6, 6.07) is 7.28.